The molecule has 0 spiro atoms. The molecule has 0 aromatic rings. The molecule has 82 heavy (non-hydrogen) atoms. The highest BCUT2D eigenvalue weighted by Crippen LogP contribution is 2.45. The van der Waals surface area contributed by atoms with Gasteiger partial charge >= 0.3 is 39.5 Å². The third kappa shape index (κ3) is 56.7. The maximum Gasteiger partial charge on any atom is 0.472 e. The van der Waals surface area contributed by atoms with Crippen LogP contribution in [-0.2, 0) is 65.4 Å². The standard InChI is InChI=1S/C63H118O17P2/c1-6-9-12-15-18-20-21-22-23-24-25-27-34-39-44-49-63(68)80-59(53-74-61(66)47-42-37-32-29-28-31-35-40-45-56(4)5)55-78-82(71,72)76-51-57(64)50-75-81(69,70)77-54-58(52-73-60(65)46-41-36-30-17-14-11-8-3)79-62(67)48-43-38-33-26-19-16-13-10-7-2/h20-23,56-59,64H,6-19,24-55H2,1-5H3,(H,69,70)(H,71,72)/b21-20-,23-22-/t57-,58+,59+/m0/s1. The number of hydrogen-bond donors (Lipinski definition) is 3. The van der Waals surface area contributed by atoms with Gasteiger partial charge in [0.15, 0.2) is 12.2 Å². The summed E-state index contributed by atoms with van der Waals surface area (Å²) in [4.78, 5) is 72.0. The second-order valence-corrected chi connectivity index (χ2v) is 25.5. The number of aliphatic hydroxyl groups is 1. The van der Waals surface area contributed by atoms with E-state index in [9.17, 15) is 43.2 Å². The van der Waals surface area contributed by atoms with Gasteiger partial charge in [0.1, 0.15) is 19.3 Å². The fraction of sp³-hybridized carbons (Fsp3) is 0.873. The van der Waals surface area contributed by atoms with Gasteiger partial charge in [-0.05, 0) is 57.3 Å². The molecular formula is C63H118O17P2. The van der Waals surface area contributed by atoms with Crippen LogP contribution >= 0.6 is 15.6 Å². The lowest BCUT2D eigenvalue weighted by atomic mass is 10.0. The number of aliphatic hydroxyl groups excluding tert-OH is 1. The number of unbranched alkanes of at least 4 members (excludes halogenated alkanes) is 30. The first-order valence-electron chi connectivity index (χ1n) is 32.5. The highest BCUT2D eigenvalue weighted by Gasteiger charge is 2.30. The first-order valence-corrected chi connectivity index (χ1v) is 35.4. The van der Waals surface area contributed by atoms with E-state index in [4.69, 9.17) is 37.0 Å². The summed E-state index contributed by atoms with van der Waals surface area (Å²) in [5.74, 6) is -1.45. The molecule has 0 amide bonds. The minimum Gasteiger partial charge on any atom is -0.462 e. The first kappa shape index (κ1) is 79.5. The van der Waals surface area contributed by atoms with Crippen LogP contribution in [0.3, 0.4) is 0 Å². The lowest BCUT2D eigenvalue weighted by Crippen LogP contribution is -2.30. The molecule has 0 aliphatic carbocycles. The molecular weight excluding hydrogens is 1090 g/mol. The second kappa shape index (κ2) is 56.4. The predicted octanol–water partition coefficient (Wildman–Crippen LogP) is 17.0. The lowest BCUT2D eigenvalue weighted by Gasteiger charge is -2.21. The quantitative estimate of drug-likeness (QED) is 0.0169. The molecule has 17 nitrogen and oxygen atoms in total. The summed E-state index contributed by atoms with van der Waals surface area (Å²) in [6, 6.07) is 0. The first-order chi connectivity index (χ1) is 39.5. The monoisotopic (exact) mass is 1210 g/mol. The van der Waals surface area contributed by atoms with Crippen LogP contribution in [0.1, 0.15) is 291 Å². The SMILES string of the molecule is CCCCCC/C=C\C=C/CCCCCCCC(=O)O[C@H](COC(=O)CCCCCCCCCCC(C)C)COP(=O)(O)OC[C@@H](O)COP(=O)(O)OC[C@@H](COC(=O)CCCCCCCCC)OC(=O)CCCCCCCCCCC. The number of ether oxygens (including phenoxy) is 4. The van der Waals surface area contributed by atoms with Crippen molar-refractivity contribution in [3.8, 4) is 0 Å². The number of phosphoric acid groups is 2. The van der Waals surface area contributed by atoms with Crippen LogP contribution in [0.4, 0.5) is 0 Å². The van der Waals surface area contributed by atoms with E-state index >= 15 is 0 Å². The number of esters is 4. The van der Waals surface area contributed by atoms with Gasteiger partial charge in [-0.1, -0.05) is 239 Å². The normalized spacial score (nSPS) is 14.5. The van der Waals surface area contributed by atoms with E-state index in [1.54, 1.807) is 0 Å². The summed E-state index contributed by atoms with van der Waals surface area (Å²) in [6.07, 6.45) is 42.7. The summed E-state index contributed by atoms with van der Waals surface area (Å²) in [6.45, 7) is 7.02. The third-order valence-electron chi connectivity index (χ3n) is 13.9. The molecule has 0 aliphatic rings. The summed E-state index contributed by atoms with van der Waals surface area (Å²) in [5.41, 5.74) is 0. The zero-order chi connectivity index (χ0) is 60.6. The van der Waals surface area contributed by atoms with Gasteiger partial charge in [0.2, 0.25) is 0 Å². The second-order valence-electron chi connectivity index (χ2n) is 22.6. The Morgan fingerprint density at radius 2 is 0.659 bits per heavy atom. The summed E-state index contributed by atoms with van der Waals surface area (Å²) in [7, 11) is -9.89. The largest absolute Gasteiger partial charge is 0.472 e. The van der Waals surface area contributed by atoms with Crippen molar-refractivity contribution in [3.63, 3.8) is 0 Å². The summed E-state index contributed by atoms with van der Waals surface area (Å²) < 4.78 is 67.8. The smallest absolute Gasteiger partial charge is 0.462 e. The number of carbonyl (C=O) groups is 4. The van der Waals surface area contributed by atoms with Crippen molar-refractivity contribution in [2.75, 3.05) is 39.6 Å². The van der Waals surface area contributed by atoms with Crippen molar-refractivity contribution in [1.29, 1.82) is 0 Å². The number of phosphoric ester groups is 2. The van der Waals surface area contributed by atoms with Crippen molar-refractivity contribution >= 4 is 39.5 Å². The zero-order valence-corrected chi connectivity index (χ0v) is 53.9. The molecule has 0 aliphatic heterocycles. The minimum absolute atomic E-state index is 0.0844. The van der Waals surface area contributed by atoms with E-state index in [2.05, 4.69) is 58.9 Å². The molecule has 0 saturated carbocycles. The molecule has 0 heterocycles. The average Bonchev–Trinajstić information content (AvgIpc) is 3.45. The molecule has 3 N–H and O–H groups in total. The van der Waals surface area contributed by atoms with E-state index < -0.39 is 97.5 Å². The topological polar surface area (TPSA) is 237 Å². The van der Waals surface area contributed by atoms with Gasteiger partial charge in [0.05, 0.1) is 26.4 Å². The Balaban J connectivity index is 5.25. The number of hydrogen-bond acceptors (Lipinski definition) is 15. The van der Waals surface area contributed by atoms with Crippen LogP contribution in [-0.4, -0.2) is 96.7 Å². The van der Waals surface area contributed by atoms with Crippen LogP contribution < -0.4 is 0 Å². The van der Waals surface area contributed by atoms with E-state index in [1.807, 2.05) is 0 Å². The Morgan fingerprint density at radius 3 is 1.00 bits per heavy atom. The van der Waals surface area contributed by atoms with Gasteiger partial charge in [0, 0.05) is 25.7 Å². The van der Waals surface area contributed by atoms with Crippen molar-refractivity contribution in [3.05, 3.63) is 24.3 Å². The van der Waals surface area contributed by atoms with Gasteiger partial charge in [0.25, 0.3) is 0 Å². The van der Waals surface area contributed by atoms with Crippen LogP contribution in [0.15, 0.2) is 24.3 Å². The van der Waals surface area contributed by atoms with Gasteiger partial charge in [-0.15, -0.1) is 0 Å². The number of rotatable bonds is 61. The van der Waals surface area contributed by atoms with Crippen molar-refractivity contribution < 1.29 is 80.2 Å². The van der Waals surface area contributed by atoms with E-state index in [0.717, 1.165) is 128 Å². The molecule has 0 fully saturated rings. The van der Waals surface area contributed by atoms with E-state index in [-0.39, 0.29) is 25.7 Å². The molecule has 19 heteroatoms. The predicted molar refractivity (Wildman–Crippen MR) is 326 cm³/mol. The molecule has 0 bridgehead atoms. The Labute approximate surface area is 497 Å². The molecule has 482 valence electrons. The molecule has 5 atom stereocenters. The van der Waals surface area contributed by atoms with Crippen LogP contribution in [0, 0.1) is 5.92 Å². The molecule has 0 aromatic heterocycles. The minimum atomic E-state index is -4.95. The fourth-order valence-corrected chi connectivity index (χ4v) is 10.4. The highest BCUT2D eigenvalue weighted by molar-refractivity contribution is 7.47. The van der Waals surface area contributed by atoms with Crippen LogP contribution in [0.25, 0.3) is 0 Å². The van der Waals surface area contributed by atoms with Crippen molar-refractivity contribution in [2.45, 2.75) is 310 Å². The van der Waals surface area contributed by atoms with Crippen molar-refractivity contribution in [1.82, 2.24) is 0 Å². The molecule has 0 rings (SSSR count). The molecule has 2 unspecified atom stereocenters. The summed E-state index contributed by atoms with van der Waals surface area (Å²) >= 11 is 0. The van der Waals surface area contributed by atoms with Crippen molar-refractivity contribution in [2.24, 2.45) is 5.92 Å². The molecule has 0 aromatic carbocycles. The lowest BCUT2D eigenvalue weighted by molar-refractivity contribution is -0.161. The van der Waals surface area contributed by atoms with Crippen LogP contribution in [0.2, 0.25) is 0 Å². The van der Waals surface area contributed by atoms with Crippen LogP contribution in [0.5, 0.6) is 0 Å². The Kier molecular flexibility index (Phi) is 54.7. The number of carbonyl (C=O) groups excluding carboxylic acids is 4. The van der Waals surface area contributed by atoms with Gasteiger partial charge < -0.3 is 33.8 Å². The highest BCUT2D eigenvalue weighted by atomic mass is 31.2. The Morgan fingerprint density at radius 1 is 0.378 bits per heavy atom. The Hall–Kier alpha value is -2.46. The van der Waals surface area contributed by atoms with E-state index in [1.165, 1.54) is 83.5 Å². The Bertz CT molecular complexity index is 1690. The molecule has 0 radical (unpaired) electrons. The zero-order valence-electron chi connectivity index (χ0n) is 52.1. The maximum absolute atomic E-state index is 13.0. The molecule has 0 saturated heterocycles. The van der Waals surface area contributed by atoms with E-state index in [0.29, 0.717) is 25.7 Å². The summed E-state index contributed by atoms with van der Waals surface area (Å²) in [5, 5.41) is 10.5. The third-order valence-corrected chi connectivity index (χ3v) is 15.8. The maximum atomic E-state index is 13.0. The van der Waals surface area contributed by atoms with Gasteiger partial charge in [-0.25, -0.2) is 9.13 Å². The van der Waals surface area contributed by atoms with Gasteiger partial charge in [-0.2, -0.15) is 0 Å². The number of allylic oxidation sites excluding steroid dienone is 4. The average molecular weight is 1210 g/mol. The fourth-order valence-electron chi connectivity index (χ4n) is 8.87. The van der Waals surface area contributed by atoms with Gasteiger partial charge in [-0.3, -0.25) is 37.3 Å².